The van der Waals surface area contributed by atoms with E-state index in [1.54, 1.807) is 4.90 Å². The molecule has 0 radical (unpaired) electrons. The number of esters is 1. The van der Waals surface area contributed by atoms with Crippen LogP contribution in [0.3, 0.4) is 0 Å². The molecule has 1 aromatic rings. The highest BCUT2D eigenvalue weighted by atomic mass is 32.2. The summed E-state index contributed by atoms with van der Waals surface area (Å²) in [5.41, 5.74) is 0.00925. The molecule has 11 heteroatoms. The molecule has 0 spiro atoms. The van der Waals surface area contributed by atoms with Crippen LogP contribution in [0.2, 0.25) is 0 Å². The lowest BCUT2D eigenvalue weighted by molar-refractivity contribution is -0.139. The number of benzene rings is 1. The molecule has 1 N–H and O–H groups in total. The molecular formula is C19H26N2O7S2. The maximum atomic E-state index is 12.9. The van der Waals surface area contributed by atoms with Gasteiger partial charge in [-0.2, -0.15) is 0 Å². The van der Waals surface area contributed by atoms with E-state index in [9.17, 15) is 26.4 Å². The average molecular weight is 459 g/mol. The summed E-state index contributed by atoms with van der Waals surface area (Å²) in [5, 5.41) is 0. The molecule has 1 atom stereocenters. The standard InChI is InChI=1S/C19H26N2O7S2/c1-20-30(26,27)17-8-4-5-14(11-17)19(23)28-12-18(22)21(15-6-2-3-7-15)16-9-10-29(24,25)13-16/h4-5,8,11,15-16,20H,2-3,6-7,9-10,12-13H2,1H3. The molecule has 1 aliphatic carbocycles. The monoisotopic (exact) mass is 458 g/mol. The Morgan fingerprint density at radius 1 is 1.17 bits per heavy atom. The fourth-order valence-corrected chi connectivity index (χ4v) is 6.56. The molecule has 0 bridgehead atoms. The molecule has 3 rings (SSSR count). The van der Waals surface area contributed by atoms with E-state index in [0.29, 0.717) is 6.42 Å². The number of ether oxygens (including phenoxy) is 1. The van der Waals surface area contributed by atoms with E-state index < -0.39 is 44.4 Å². The molecule has 1 saturated heterocycles. The van der Waals surface area contributed by atoms with Crippen LogP contribution in [0.1, 0.15) is 42.5 Å². The second kappa shape index (κ2) is 9.03. The number of sulfonamides is 1. The Bertz CT molecular complexity index is 1020. The van der Waals surface area contributed by atoms with Crippen LogP contribution in [0.5, 0.6) is 0 Å². The molecule has 2 aliphatic rings. The van der Waals surface area contributed by atoms with Gasteiger partial charge in [0, 0.05) is 12.1 Å². The summed E-state index contributed by atoms with van der Waals surface area (Å²) in [6.07, 6.45) is 3.95. The van der Waals surface area contributed by atoms with Crippen molar-refractivity contribution in [1.82, 2.24) is 9.62 Å². The Hall–Kier alpha value is -1.98. The first-order chi connectivity index (χ1) is 14.1. The molecule has 1 amide bonds. The topological polar surface area (TPSA) is 127 Å². The summed E-state index contributed by atoms with van der Waals surface area (Å²) >= 11 is 0. The first-order valence-electron chi connectivity index (χ1n) is 9.85. The van der Waals surface area contributed by atoms with Crippen LogP contribution in [0.15, 0.2) is 29.2 Å². The van der Waals surface area contributed by atoms with Gasteiger partial charge in [-0.25, -0.2) is 26.4 Å². The van der Waals surface area contributed by atoms with Gasteiger partial charge in [0.2, 0.25) is 10.0 Å². The van der Waals surface area contributed by atoms with Crippen molar-refractivity contribution >= 4 is 31.7 Å². The van der Waals surface area contributed by atoms with E-state index in [1.165, 1.54) is 31.3 Å². The smallest absolute Gasteiger partial charge is 0.338 e. The second-order valence-corrected chi connectivity index (χ2v) is 11.7. The summed E-state index contributed by atoms with van der Waals surface area (Å²) in [6, 6.07) is 4.90. The highest BCUT2D eigenvalue weighted by Gasteiger charge is 2.39. The van der Waals surface area contributed by atoms with Gasteiger partial charge in [-0.3, -0.25) is 4.79 Å². The first-order valence-corrected chi connectivity index (χ1v) is 13.2. The summed E-state index contributed by atoms with van der Waals surface area (Å²) in [5.74, 6) is -1.24. The minimum absolute atomic E-state index is 0.00925. The third kappa shape index (κ3) is 5.19. The molecule has 1 heterocycles. The maximum absolute atomic E-state index is 12.9. The molecule has 9 nitrogen and oxygen atoms in total. The van der Waals surface area contributed by atoms with Gasteiger partial charge >= 0.3 is 5.97 Å². The number of rotatable bonds is 7. The predicted octanol–water partition coefficient (Wildman–Crippen LogP) is 0.710. The number of hydrogen-bond donors (Lipinski definition) is 1. The SMILES string of the molecule is CNS(=O)(=O)c1cccc(C(=O)OCC(=O)N(C2CCCC2)C2CCS(=O)(=O)C2)c1. The van der Waals surface area contributed by atoms with E-state index >= 15 is 0 Å². The van der Waals surface area contributed by atoms with Gasteiger partial charge < -0.3 is 9.64 Å². The van der Waals surface area contributed by atoms with E-state index in [1.807, 2.05) is 0 Å². The Kier molecular flexibility index (Phi) is 6.83. The van der Waals surface area contributed by atoms with Crippen LogP contribution >= 0.6 is 0 Å². The van der Waals surface area contributed by atoms with Gasteiger partial charge in [0.15, 0.2) is 16.4 Å². The number of amides is 1. The number of carbonyl (C=O) groups is 2. The number of hydrogen-bond acceptors (Lipinski definition) is 7. The normalized spacial score (nSPS) is 21.4. The molecule has 0 aromatic heterocycles. The van der Waals surface area contributed by atoms with Gasteiger partial charge in [-0.1, -0.05) is 18.9 Å². The fraction of sp³-hybridized carbons (Fsp3) is 0.579. The van der Waals surface area contributed by atoms with Gasteiger partial charge in [0.05, 0.1) is 22.0 Å². The van der Waals surface area contributed by atoms with Crippen molar-refractivity contribution in [3.63, 3.8) is 0 Å². The van der Waals surface area contributed by atoms with Crippen LogP contribution in [-0.4, -0.2) is 70.9 Å². The van der Waals surface area contributed by atoms with Crippen molar-refractivity contribution in [1.29, 1.82) is 0 Å². The Balaban J connectivity index is 1.69. The third-order valence-corrected chi connectivity index (χ3v) is 8.75. The zero-order valence-corrected chi connectivity index (χ0v) is 18.4. The van der Waals surface area contributed by atoms with E-state index in [4.69, 9.17) is 4.74 Å². The van der Waals surface area contributed by atoms with Gasteiger partial charge in [-0.15, -0.1) is 0 Å². The zero-order valence-electron chi connectivity index (χ0n) is 16.7. The van der Waals surface area contributed by atoms with Crippen molar-refractivity contribution < 1.29 is 31.2 Å². The van der Waals surface area contributed by atoms with E-state index in [-0.39, 0.29) is 28.0 Å². The molecule has 1 saturated carbocycles. The van der Waals surface area contributed by atoms with Gasteiger partial charge in [-0.05, 0) is 44.5 Å². The van der Waals surface area contributed by atoms with Crippen molar-refractivity contribution in [2.45, 2.75) is 49.1 Å². The van der Waals surface area contributed by atoms with Gasteiger partial charge in [0.25, 0.3) is 5.91 Å². The highest BCUT2D eigenvalue weighted by Crippen LogP contribution is 2.29. The Morgan fingerprint density at radius 2 is 1.87 bits per heavy atom. The third-order valence-electron chi connectivity index (χ3n) is 5.58. The van der Waals surface area contributed by atoms with E-state index in [2.05, 4.69) is 4.72 Å². The summed E-state index contributed by atoms with van der Waals surface area (Å²) in [6.45, 7) is -0.519. The molecule has 30 heavy (non-hydrogen) atoms. The fourth-order valence-electron chi connectivity index (χ4n) is 4.08. The van der Waals surface area contributed by atoms with Crippen LogP contribution in [0, 0.1) is 0 Å². The number of nitrogens with one attached hydrogen (secondary N) is 1. The Labute approximate surface area is 176 Å². The number of sulfone groups is 1. The molecule has 2 fully saturated rings. The number of carbonyl (C=O) groups excluding carboxylic acids is 2. The molecule has 166 valence electrons. The quantitative estimate of drug-likeness (QED) is 0.596. The lowest BCUT2D eigenvalue weighted by atomic mass is 10.1. The molecular weight excluding hydrogens is 432 g/mol. The Morgan fingerprint density at radius 3 is 2.47 bits per heavy atom. The number of nitrogens with zero attached hydrogens (tertiary/aromatic N) is 1. The molecule has 1 aromatic carbocycles. The summed E-state index contributed by atoms with van der Waals surface area (Å²) in [4.78, 5) is 26.8. The summed E-state index contributed by atoms with van der Waals surface area (Å²) in [7, 11) is -5.62. The lowest BCUT2D eigenvalue weighted by Gasteiger charge is -2.33. The lowest BCUT2D eigenvalue weighted by Crippen LogP contribution is -2.48. The highest BCUT2D eigenvalue weighted by molar-refractivity contribution is 7.91. The van der Waals surface area contributed by atoms with Crippen LogP contribution < -0.4 is 4.72 Å². The van der Waals surface area contributed by atoms with Crippen molar-refractivity contribution in [3.8, 4) is 0 Å². The second-order valence-electron chi connectivity index (χ2n) is 7.61. The molecule has 1 aliphatic heterocycles. The van der Waals surface area contributed by atoms with Crippen molar-refractivity contribution in [3.05, 3.63) is 29.8 Å². The first kappa shape index (κ1) is 22.7. The van der Waals surface area contributed by atoms with Gasteiger partial charge in [0.1, 0.15) is 0 Å². The predicted molar refractivity (Wildman–Crippen MR) is 109 cm³/mol. The molecule has 1 unspecified atom stereocenters. The summed E-state index contributed by atoms with van der Waals surface area (Å²) < 4.78 is 54.9. The minimum atomic E-state index is -3.72. The van der Waals surface area contributed by atoms with Crippen molar-refractivity contribution in [2.75, 3.05) is 25.2 Å². The van der Waals surface area contributed by atoms with Crippen molar-refractivity contribution in [2.24, 2.45) is 0 Å². The largest absolute Gasteiger partial charge is 0.452 e. The average Bonchev–Trinajstić information content (AvgIpc) is 3.36. The van der Waals surface area contributed by atoms with E-state index in [0.717, 1.165) is 25.7 Å². The minimum Gasteiger partial charge on any atom is -0.452 e. The maximum Gasteiger partial charge on any atom is 0.338 e. The van der Waals surface area contributed by atoms with Crippen LogP contribution in [0.4, 0.5) is 0 Å². The van der Waals surface area contributed by atoms with Crippen LogP contribution in [0.25, 0.3) is 0 Å². The van der Waals surface area contributed by atoms with Crippen LogP contribution in [-0.2, 0) is 29.4 Å². The zero-order chi connectivity index (χ0) is 21.9.